The fourth-order valence-corrected chi connectivity index (χ4v) is 2.52. The maximum atomic E-state index is 11.8. The zero-order valence-electron chi connectivity index (χ0n) is 15.2. The second-order valence-electron chi connectivity index (χ2n) is 5.40. The van der Waals surface area contributed by atoms with E-state index < -0.39 is 5.91 Å². The molecule has 9 heteroatoms. The van der Waals surface area contributed by atoms with Crippen LogP contribution in [0.5, 0.6) is 0 Å². The van der Waals surface area contributed by atoms with E-state index in [-0.39, 0.29) is 36.4 Å². The highest BCUT2D eigenvalue weighted by Gasteiger charge is 2.06. The molecule has 1 aromatic rings. The van der Waals surface area contributed by atoms with Gasteiger partial charge in [0.25, 0.3) is 5.91 Å². The van der Waals surface area contributed by atoms with E-state index in [2.05, 4.69) is 27.2 Å². The highest BCUT2D eigenvalue weighted by atomic mass is 127. The third kappa shape index (κ3) is 10.5. The van der Waals surface area contributed by atoms with Gasteiger partial charge >= 0.3 is 0 Å². The van der Waals surface area contributed by atoms with Crippen LogP contribution in [0.3, 0.4) is 0 Å². The maximum Gasteiger partial charge on any atom is 0.251 e. The van der Waals surface area contributed by atoms with Crippen molar-refractivity contribution in [3.8, 4) is 0 Å². The summed E-state index contributed by atoms with van der Waals surface area (Å²) < 4.78 is 0. The van der Waals surface area contributed by atoms with Crippen molar-refractivity contribution in [3.05, 3.63) is 35.4 Å². The van der Waals surface area contributed by atoms with Crippen LogP contribution < -0.4 is 21.7 Å². The van der Waals surface area contributed by atoms with Gasteiger partial charge in [0.05, 0.1) is 6.54 Å². The Hall–Kier alpha value is -1.49. The molecule has 0 bridgehead atoms. The summed E-state index contributed by atoms with van der Waals surface area (Å²) in [5, 5.41) is 8.97. The molecule has 0 aliphatic heterocycles. The van der Waals surface area contributed by atoms with Gasteiger partial charge in [-0.05, 0) is 42.5 Å². The number of rotatable bonds is 10. The highest BCUT2D eigenvalue weighted by Crippen LogP contribution is 2.04. The van der Waals surface area contributed by atoms with Crippen LogP contribution >= 0.6 is 35.7 Å². The lowest BCUT2D eigenvalue weighted by molar-refractivity contribution is -0.117. The summed E-state index contributed by atoms with van der Waals surface area (Å²) in [6.45, 7) is 1.33. The van der Waals surface area contributed by atoms with Crippen molar-refractivity contribution in [2.75, 3.05) is 32.1 Å². The summed E-state index contributed by atoms with van der Waals surface area (Å²) in [6.07, 6.45) is 4.40. The van der Waals surface area contributed by atoms with Gasteiger partial charge in [-0.3, -0.25) is 14.6 Å². The Labute approximate surface area is 176 Å². The fourth-order valence-electron chi connectivity index (χ4n) is 2.03. The number of carbonyl (C=O) groups excluding carboxylic acids is 2. The monoisotopic (exact) mass is 493 g/mol. The number of guanidine groups is 1. The number of unbranched alkanes of at least 4 members (excludes halogenated alkanes) is 1. The SMILES string of the molecule is CN=C(NCCCCSC)NCc1ccc(C(=O)NCC(N)=O)cc1.I. The van der Waals surface area contributed by atoms with E-state index in [1.165, 1.54) is 12.2 Å². The molecule has 0 fully saturated rings. The van der Waals surface area contributed by atoms with Gasteiger partial charge in [0.1, 0.15) is 0 Å². The second-order valence-corrected chi connectivity index (χ2v) is 6.38. The first-order valence-corrected chi connectivity index (χ1v) is 9.55. The molecule has 1 rings (SSSR count). The molecule has 2 amide bonds. The predicted octanol–water partition coefficient (Wildman–Crippen LogP) is 1.33. The average Bonchev–Trinajstić information content (AvgIpc) is 2.62. The number of carbonyl (C=O) groups is 2. The van der Waals surface area contributed by atoms with Gasteiger partial charge in [-0.25, -0.2) is 0 Å². The molecular weight excluding hydrogens is 465 g/mol. The first kappa shape index (κ1) is 24.5. The molecule has 5 N–H and O–H groups in total. The molecule has 0 atom stereocenters. The van der Waals surface area contributed by atoms with E-state index in [0.717, 1.165) is 24.5 Å². The van der Waals surface area contributed by atoms with E-state index in [0.29, 0.717) is 12.1 Å². The van der Waals surface area contributed by atoms with Crippen molar-refractivity contribution in [2.45, 2.75) is 19.4 Å². The molecule has 0 radical (unpaired) electrons. The van der Waals surface area contributed by atoms with Gasteiger partial charge in [-0.1, -0.05) is 12.1 Å². The lowest BCUT2D eigenvalue weighted by Gasteiger charge is -2.12. The lowest BCUT2D eigenvalue weighted by atomic mass is 10.1. The van der Waals surface area contributed by atoms with Crippen LogP contribution in [-0.4, -0.2) is 49.9 Å². The zero-order valence-corrected chi connectivity index (χ0v) is 18.4. The molecule has 146 valence electrons. The summed E-state index contributed by atoms with van der Waals surface area (Å²) >= 11 is 1.86. The fraction of sp³-hybridized carbons (Fsp3) is 0.471. The Balaban J connectivity index is 0.00000625. The number of halogens is 1. The predicted molar refractivity (Wildman–Crippen MR) is 119 cm³/mol. The first-order chi connectivity index (χ1) is 12.1. The quantitative estimate of drug-likeness (QED) is 0.170. The molecule has 0 unspecified atom stereocenters. The van der Waals surface area contributed by atoms with Crippen LogP contribution in [0.1, 0.15) is 28.8 Å². The number of nitrogens with two attached hydrogens (primary N) is 1. The van der Waals surface area contributed by atoms with Crippen LogP contribution in [0.25, 0.3) is 0 Å². The van der Waals surface area contributed by atoms with Gasteiger partial charge in [-0.15, -0.1) is 24.0 Å². The molecule has 0 heterocycles. The minimum absolute atomic E-state index is 0. The normalized spacial score (nSPS) is 10.6. The molecule has 0 aliphatic rings. The van der Waals surface area contributed by atoms with Crippen molar-refractivity contribution in [1.29, 1.82) is 0 Å². The lowest BCUT2D eigenvalue weighted by Crippen LogP contribution is -2.37. The van der Waals surface area contributed by atoms with E-state index in [1.807, 2.05) is 23.9 Å². The molecule has 0 aromatic heterocycles. The van der Waals surface area contributed by atoms with Crippen molar-refractivity contribution >= 4 is 53.5 Å². The molecule has 0 saturated carbocycles. The summed E-state index contributed by atoms with van der Waals surface area (Å²) in [5.74, 6) is 1.04. The van der Waals surface area contributed by atoms with Crippen molar-refractivity contribution < 1.29 is 9.59 Å². The van der Waals surface area contributed by atoms with Crippen molar-refractivity contribution in [2.24, 2.45) is 10.7 Å². The molecule has 0 saturated heterocycles. The molecule has 1 aromatic carbocycles. The number of nitrogens with zero attached hydrogens (tertiary/aromatic N) is 1. The molecule has 0 aliphatic carbocycles. The molecule has 7 nitrogen and oxygen atoms in total. The highest BCUT2D eigenvalue weighted by molar-refractivity contribution is 14.0. The topological polar surface area (TPSA) is 109 Å². The number of benzene rings is 1. The number of amides is 2. The van der Waals surface area contributed by atoms with Crippen molar-refractivity contribution in [1.82, 2.24) is 16.0 Å². The third-order valence-corrected chi connectivity index (χ3v) is 4.09. The number of thioether (sulfide) groups is 1. The Morgan fingerprint density at radius 1 is 1.12 bits per heavy atom. The van der Waals surface area contributed by atoms with Crippen LogP contribution in [0.2, 0.25) is 0 Å². The first-order valence-electron chi connectivity index (χ1n) is 8.15. The summed E-state index contributed by atoms with van der Waals surface area (Å²) in [5.41, 5.74) is 6.51. The van der Waals surface area contributed by atoms with Crippen molar-refractivity contribution in [3.63, 3.8) is 0 Å². The smallest absolute Gasteiger partial charge is 0.251 e. The number of primary amides is 1. The van der Waals surface area contributed by atoms with Crippen LogP contribution in [-0.2, 0) is 11.3 Å². The van der Waals surface area contributed by atoms with E-state index in [1.54, 1.807) is 19.2 Å². The summed E-state index contributed by atoms with van der Waals surface area (Å²) in [6, 6.07) is 7.15. The van der Waals surface area contributed by atoms with E-state index in [4.69, 9.17) is 5.73 Å². The number of hydrogen-bond donors (Lipinski definition) is 4. The molecular formula is C17H28IN5O2S. The Kier molecular flexibility index (Phi) is 13.8. The van der Waals surface area contributed by atoms with Crippen LogP contribution in [0.15, 0.2) is 29.3 Å². The molecule has 0 spiro atoms. The average molecular weight is 493 g/mol. The minimum atomic E-state index is -0.568. The minimum Gasteiger partial charge on any atom is -0.368 e. The Morgan fingerprint density at radius 2 is 1.81 bits per heavy atom. The van der Waals surface area contributed by atoms with Crippen LogP contribution in [0.4, 0.5) is 0 Å². The van der Waals surface area contributed by atoms with Crippen LogP contribution in [0, 0.1) is 0 Å². The summed E-state index contributed by atoms with van der Waals surface area (Å²) in [7, 11) is 1.74. The number of hydrogen-bond acceptors (Lipinski definition) is 4. The maximum absolute atomic E-state index is 11.8. The number of aliphatic imine (C=N–C) groups is 1. The third-order valence-electron chi connectivity index (χ3n) is 3.39. The van der Waals surface area contributed by atoms with E-state index in [9.17, 15) is 9.59 Å². The Morgan fingerprint density at radius 3 is 2.38 bits per heavy atom. The van der Waals surface area contributed by atoms with Gasteiger partial charge in [0.2, 0.25) is 5.91 Å². The van der Waals surface area contributed by atoms with Gasteiger partial charge in [0, 0.05) is 25.7 Å². The largest absolute Gasteiger partial charge is 0.368 e. The van der Waals surface area contributed by atoms with E-state index >= 15 is 0 Å². The summed E-state index contributed by atoms with van der Waals surface area (Å²) in [4.78, 5) is 26.7. The number of nitrogens with one attached hydrogen (secondary N) is 3. The molecule has 26 heavy (non-hydrogen) atoms. The van der Waals surface area contributed by atoms with Gasteiger partial charge < -0.3 is 21.7 Å². The zero-order chi connectivity index (χ0) is 18.5. The van der Waals surface area contributed by atoms with Gasteiger partial charge in [0.15, 0.2) is 5.96 Å². The van der Waals surface area contributed by atoms with Gasteiger partial charge in [-0.2, -0.15) is 11.8 Å². The Bertz CT molecular complexity index is 581. The standard InChI is InChI=1S/C17H27N5O2S.HI/c1-19-17(20-9-3-4-10-25-2)22-11-13-5-7-14(8-6-13)16(24)21-12-15(18)23;/h5-8H,3-4,9-12H2,1-2H3,(H2,18,23)(H,21,24)(H2,19,20,22);1H. The second kappa shape index (κ2) is 14.7.